The van der Waals surface area contributed by atoms with Crippen LogP contribution >= 0.6 is 0 Å². The molecule has 6 heteroatoms. The van der Waals surface area contributed by atoms with Gasteiger partial charge in [-0.1, -0.05) is 254 Å². The zero-order valence-electron chi connectivity index (χ0n) is 45.6. The standard InChI is InChI=1S/C63H110O6/c1-4-7-10-13-16-19-22-24-26-27-28-29-30-31-32-33-34-35-37-38-41-44-47-50-53-56-62(65)68-59-60(58-67-61(64)55-52-49-46-43-40-21-18-15-12-9-6-3)69-63(66)57-54-51-48-45-42-39-36-25-23-20-17-14-11-8-5-2/h8,11,17,20,22,24-25,27-28,36,42,45,60H,4-7,9-10,12-16,18-19,21,23,26,29-35,37-41,43-44,46-59H2,1-3H3/b11-8-,20-17-,24-22-,28-27-,36-25-,45-42-. The first-order valence-corrected chi connectivity index (χ1v) is 29.4. The first-order chi connectivity index (χ1) is 34.0. The lowest BCUT2D eigenvalue weighted by atomic mass is 10.0. The predicted molar refractivity (Wildman–Crippen MR) is 298 cm³/mol. The van der Waals surface area contributed by atoms with Gasteiger partial charge in [0.15, 0.2) is 6.10 Å². The number of unbranched alkanes of at least 4 members (excludes halogenated alkanes) is 30. The van der Waals surface area contributed by atoms with Crippen molar-refractivity contribution in [3.63, 3.8) is 0 Å². The van der Waals surface area contributed by atoms with Gasteiger partial charge in [0, 0.05) is 19.3 Å². The molecule has 0 saturated heterocycles. The second-order valence-corrected chi connectivity index (χ2v) is 19.5. The Morgan fingerprint density at radius 2 is 0.565 bits per heavy atom. The third-order valence-corrected chi connectivity index (χ3v) is 12.7. The molecule has 0 aliphatic carbocycles. The number of ether oxygens (including phenoxy) is 3. The van der Waals surface area contributed by atoms with Gasteiger partial charge in [-0.15, -0.1) is 0 Å². The highest BCUT2D eigenvalue weighted by Crippen LogP contribution is 2.16. The molecule has 0 aliphatic heterocycles. The molecule has 0 aromatic rings. The van der Waals surface area contributed by atoms with E-state index >= 15 is 0 Å². The molecule has 0 rings (SSSR count). The monoisotopic (exact) mass is 963 g/mol. The summed E-state index contributed by atoms with van der Waals surface area (Å²) in [4.78, 5) is 38.1. The maximum Gasteiger partial charge on any atom is 0.306 e. The third-order valence-electron chi connectivity index (χ3n) is 12.7. The van der Waals surface area contributed by atoms with Gasteiger partial charge < -0.3 is 14.2 Å². The van der Waals surface area contributed by atoms with Crippen LogP contribution in [0.1, 0.15) is 290 Å². The fourth-order valence-electron chi connectivity index (χ4n) is 8.29. The van der Waals surface area contributed by atoms with Crippen molar-refractivity contribution in [1.29, 1.82) is 0 Å². The lowest BCUT2D eigenvalue weighted by Gasteiger charge is -2.18. The summed E-state index contributed by atoms with van der Waals surface area (Å²) in [6, 6.07) is 0. The molecule has 6 nitrogen and oxygen atoms in total. The van der Waals surface area contributed by atoms with Crippen LogP contribution in [0.15, 0.2) is 72.9 Å². The molecule has 0 heterocycles. The molecule has 398 valence electrons. The summed E-state index contributed by atoms with van der Waals surface area (Å²) in [5.41, 5.74) is 0. The summed E-state index contributed by atoms with van der Waals surface area (Å²) in [5.74, 6) is -0.925. The van der Waals surface area contributed by atoms with Crippen molar-refractivity contribution in [3.05, 3.63) is 72.9 Å². The Kier molecular flexibility index (Phi) is 54.8. The molecule has 0 amide bonds. The van der Waals surface area contributed by atoms with E-state index in [1.807, 2.05) is 0 Å². The Bertz CT molecular complexity index is 1290. The molecule has 0 aromatic carbocycles. The smallest absolute Gasteiger partial charge is 0.306 e. The molecule has 0 N–H and O–H groups in total. The van der Waals surface area contributed by atoms with E-state index in [-0.39, 0.29) is 37.5 Å². The summed E-state index contributed by atoms with van der Waals surface area (Å²) in [5, 5.41) is 0. The molecule has 0 fully saturated rings. The van der Waals surface area contributed by atoms with E-state index in [1.165, 1.54) is 161 Å². The van der Waals surface area contributed by atoms with E-state index in [0.29, 0.717) is 19.3 Å². The van der Waals surface area contributed by atoms with Gasteiger partial charge in [-0.25, -0.2) is 0 Å². The fraction of sp³-hybridized carbons (Fsp3) is 0.762. The molecule has 1 atom stereocenters. The van der Waals surface area contributed by atoms with E-state index in [9.17, 15) is 14.4 Å². The molecule has 69 heavy (non-hydrogen) atoms. The van der Waals surface area contributed by atoms with Gasteiger partial charge in [0.1, 0.15) is 13.2 Å². The quantitative estimate of drug-likeness (QED) is 0.0262. The van der Waals surface area contributed by atoms with Crippen LogP contribution in [0, 0.1) is 0 Å². The zero-order valence-corrected chi connectivity index (χ0v) is 45.6. The molecule has 1 unspecified atom stereocenters. The minimum Gasteiger partial charge on any atom is -0.462 e. The van der Waals surface area contributed by atoms with E-state index in [1.54, 1.807) is 0 Å². The summed E-state index contributed by atoms with van der Waals surface area (Å²) in [6.45, 7) is 6.49. The Balaban J connectivity index is 4.27. The van der Waals surface area contributed by atoms with Crippen LogP contribution < -0.4 is 0 Å². The minimum absolute atomic E-state index is 0.0898. The third kappa shape index (κ3) is 55.6. The highest BCUT2D eigenvalue weighted by Gasteiger charge is 2.19. The molecule has 0 aliphatic rings. The van der Waals surface area contributed by atoms with Crippen LogP contribution in [0.5, 0.6) is 0 Å². The molecule has 0 spiro atoms. The van der Waals surface area contributed by atoms with Gasteiger partial charge in [0.05, 0.1) is 0 Å². The number of esters is 3. The van der Waals surface area contributed by atoms with Gasteiger partial charge in [-0.2, -0.15) is 0 Å². The highest BCUT2D eigenvalue weighted by atomic mass is 16.6. The number of carbonyl (C=O) groups is 3. The van der Waals surface area contributed by atoms with Gasteiger partial charge in [0.2, 0.25) is 0 Å². The van der Waals surface area contributed by atoms with Gasteiger partial charge in [0.25, 0.3) is 0 Å². The lowest BCUT2D eigenvalue weighted by Crippen LogP contribution is -2.30. The first-order valence-electron chi connectivity index (χ1n) is 29.4. The summed E-state index contributed by atoms with van der Waals surface area (Å²) in [7, 11) is 0. The Labute approximate surface area is 427 Å². The fourth-order valence-corrected chi connectivity index (χ4v) is 8.29. The molecule has 0 radical (unpaired) electrons. The van der Waals surface area contributed by atoms with Crippen molar-refractivity contribution < 1.29 is 28.6 Å². The second-order valence-electron chi connectivity index (χ2n) is 19.5. The van der Waals surface area contributed by atoms with Gasteiger partial charge >= 0.3 is 17.9 Å². The second kappa shape index (κ2) is 57.4. The van der Waals surface area contributed by atoms with Crippen molar-refractivity contribution in [2.75, 3.05) is 13.2 Å². The summed E-state index contributed by atoms with van der Waals surface area (Å²) < 4.78 is 16.8. The van der Waals surface area contributed by atoms with Crippen molar-refractivity contribution >= 4 is 17.9 Å². The minimum atomic E-state index is -0.795. The number of hydrogen-bond acceptors (Lipinski definition) is 6. The molecule has 0 saturated carbocycles. The normalized spacial score (nSPS) is 12.6. The average Bonchev–Trinajstić information content (AvgIpc) is 3.35. The first kappa shape index (κ1) is 65.8. The summed E-state index contributed by atoms with van der Waals surface area (Å²) >= 11 is 0. The highest BCUT2D eigenvalue weighted by molar-refractivity contribution is 5.71. The zero-order chi connectivity index (χ0) is 50.0. The van der Waals surface area contributed by atoms with Crippen LogP contribution in [0.3, 0.4) is 0 Å². The Hall–Kier alpha value is -3.15. The topological polar surface area (TPSA) is 78.9 Å². The number of rotatable bonds is 53. The van der Waals surface area contributed by atoms with Crippen molar-refractivity contribution in [2.24, 2.45) is 0 Å². The molecular formula is C63H110O6. The maximum atomic E-state index is 12.8. The lowest BCUT2D eigenvalue weighted by molar-refractivity contribution is -0.167. The van der Waals surface area contributed by atoms with Gasteiger partial charge in [-0.3, -0.25) is 14.4 Å². The number of carbonyl (C=O) groups excluding carboxylic acids is 3. The molecule has 0 aromatic heterocycles. The van der Waals surface area contributed by atoms with Crippen molar-refractivity contribution in [3.8, 4) is 0 Å². The van der Waals surface area contributed by atoms with Crippen LogP contribution in [0.2, 0.25) is 0 Å². The van der Waals surface area contributed by atoms with Crippen LogP contribution in [-0.2, 0) is 28.6 Å². The van der Waals surface area contributed by atoms with Crippen LogP contribution in [-0.4, -0.2) is 37.2 Å². The largest absolute Gasteiger partial charge is 0.462 e. The SMILES string of the molecule is CC/C=C\C/C=C\C/C=C\C/C=C\CCCCC(=O)OC(COC(=O)CCCCCCCCCCCCC)COC(=O)CCCCCCCCCCCCCCC/C=C\C/C=C\CCCCCCC. The van der Waals surface area contributed by atoms with E-state index < -0.39 is 6.10 Å². The molecular weight excluding hydrogens is 853 g/mol. The molecule has 0 bridgehead atoms. The Morgan fingerprint density at radius 1 is 0.304 bits per heavy atom. The van der Waals surface area contributed by atoms with E-state index in [4.69, 9.17) is 14.2 Å². The summed E-state index contributed by atoms with van der Waals surface area (Å²) in [6.07, 6.45) is 73.4. The number of allylic oxidation sites excluding steroid dienone is 12. The van der Waals surface area contributed by atoms with E-state index in [0.717, 1.165) is 83.5 Å². The average molecular weight is 964 g/mol. The van der Waals surface area contributed by atoms with Crippen molar-refractivity contribution in [2.45, 2.75) is 297 Å². The van der Waals surface area contributed by atoms with Crippen molar-refractivity contribution in [1.82, 2.24) is 0 Å². The Morgan fingerprint density at radius 3 is 0.913 bits per heavy atom. The van der Waals surface area contributed by atoms with Crippen LogP contribution in [0.25, 0.3) is 0 Å². The van der Waals surface area contributed by atoms with Gasteiger partial charge in [-0.05, 0) is 89.9 Å². The number of hydrogen-bond donors (Lipinski definition) is 0. The maximum absolute atomic E-state index is 12.8. The predicted octanol–water partition coefficient (Wildman–Crippen LogP) is 19.8. The van der Waals surface area contributed by atoms with E-state index in [2.05, 4.69) is 93.7 Å². The van der Waals surface area contributed by atoms with Crippen LogP contribution in [0.4, 0.5) is 0 Å².